The van der Waals surface area contributed by atoms with E-state index in [-0.39, 0.29) is 11.0 Å². The van der Waals surface area contributed by atoms with E-state index in [9.17, 15) is 0 Å². The van der Waals surface area contributed by atoms with Crippen molar-refractivity contribution in [1.82, 2.24) is 9.97 Å². The molecule has 3 N–H and O–H groups in total. The number of nitrogen functional groups attached to an aromatic ring is 1. The molecule has 0 aliphatic carbocycles. The van der Waals surface area contributed by atoms with Gasteiger partial charge in [0.1, 0.15) is 18.2 Å². The molecule has 0 aliphatic rings. The van der Waals surface area contributed by atoms with Gasteiger partial charge in [-0.3, -0.25) is 0 Å². The van der Waals surface area contributed by atoms with Gasteiger partial charge < -0.3 is 14.9 Å². The zero-order chi connectivity index (χ0) is 15.4. The Balaban J connectivity index is 2.70. The highest BCUT2D eigenvalue weighted by Gasteiger charge is 2.19. The molecular weight excluding hydrogens is 256 g/mol. The molecular formula is C14H26N4O2. The second kappa shape index (κ2) is 6.37. The summed E-state index contributed by atoms with van der Waals surface area (Å²) in [5.41, 5.74) is 2.19. The van der Waals surface area contributed by atoms with E-state index in [4.69, 9.17) is 15.3 Å². The number of aromatic nitrogens is 2. The maximum absolute atomic E-state index is 5.61. The molecule has 0 fully saturated rings. The largest absolute Gasteiger partial charge is 0.475 e. The zero-order valence-corrected chi connectivity index (χ0v) is 13.3. The van der Waals surface area contributed by atoms with E-state index in [1.54, 1.807) is 6.07 Å². The van der Waals surface area contributed by atoms with E-state index in [0.717, 1.165) is 0 Å². The fourth-order valence-corrected chi connectivity index (χ4v) is 1.40. The van der Waals surface area contributed by atoms with E-state index in [2.05, 4.69) is 15.4 Å². The van der Waals surface area contributed by atoms with Crippen molar-refractivity contribution in [2.45, 2.75) is 52.6 Å². The summed E-state index contributed by atoms with van der Waals surface area (Å²) in [6, 6.07) is 1.67. The first-order valence-electron chi connectivity index (χ1n) is 6.75. The van der Waals surface area contributed by atoms with E-state index in [1.165, 1.54) is 0 Å². The van der Waals surface area contributed by atoms with Crippen LogP contribution >= 0.6 is 0 Å². The molecule has 0 bridgehead atoms. The molecule has 0 amide bonds. The molecule has 0 aliphatic heterocycles. The van der Waals surface area contributed by atoms with Crippen LogP contribution < -0.4 is 16.0 Å². The van der Waals surface area contributed by atoms with Crippen molar-refractivity contribution in [3.05, 3.63) is 11.9 Å². The highest BCUT2D eigenvalue weighted by molar-refractivity contribution is 5.37. The van der Waals surface area contributed by atoms with Gasteiger partial charge in [0.2, 0.25) is 5.88 Å². The van der Waals surface area contributed by atoms with Crippen molar-refractivity contribution >= 4 is 5.82 Å². The molecule has 0 aromatic carbocycles. The van der Waals surface area contributed by atoms with Crippen LogP contribution in [0.15, 0.2) is 6.07 Å². The Hall–Kier alpha value is -1.40. The number of hydrazine groups is 1. The first kappa shape index (κ1) is 16.7. The van der Waals surface area contributed by atoms with Crippen molar-refractivity contribution in [3.63, 3.8) is 0 Å². The SMILES string of the molecule is CC(C)(C)OCCOc1cc(NN)nc(C(C)(C)C)n1. The number of hydrogen-bond donors (Lipinski definition) is 2. The fraction of sp³-hybridized carbons (Fsp3) is 0.714. The molecule has 6 nitrogen and oxygen atoms in total. The third-order valence-corrected chi connectivity index (χ3v) is 2.39. The zero-order valence-electron chi connectivity index (χ0n) is 13.3. The molecule has 6 heteroatoms. The topological polar surface area (TPSA) is 82.3 Å². The van der Waals surface area contributed by atoms with Crippen molar-refractivity contribution in [3.8, 4) is 5.88 Å². The van der Waals surface area contributed by atoms with Gasteiger partial charge in [-0.1, -0.05) is 20.8 Å². The standard InChI is InChI=1S/C14H26N4O2/c1-13(2,3)12-16-10(18-15)9-11(17-12)19-7-8-20-14(4,5)6/h9H,7-8,15H2,1-6H3,(H,16,17,18). The smallest absolute Gasteiger partial charge is 0.218 e. The van der Waals surface area contributed by atoms with Gasteiger partial charge in [0.15, 0.2) is 0 Å². The summed E-state index contributed by atoms with van der Waals surface area (Å²) in [7, 11) is 0. The van der Waals surface area contributed by atoms with Crippen molar-refractivity contribution in [1.29, 1.82) is 0 Å². The Labute approximate surface area is 121 Å². The van der Waals surface area contributed by atoms with Crippen LogP contribution in [0.1, 0.15) is 47.4 Å². The van der Waals surface area contributed by atoms with E-state index in [0.29, 0.717) is 30.7 Å². The summed E-state index contributed by atoms with van der Waals surface area (Å²) in [5, 5.41) is 0. The van der Waals surface area contributed by atoms with Crippen LogP contribution in [0.25, 0.3) is 0 Å². The van der Waals surface area contributed by atoms with Crippen molar-refractivity contribution in [2.75, 3.05) is 18.6 Å². The molecule has 1 aromatic rings. The second-order valence-electron chi connectivity index (χ2n) is 6.62. The predicted octanol–water partition coefficient (Wildman–Crippen LogP) is 2.25. The normalized spacial score (nSPS) is 12.3. The summed E-state index contributed by atoms with van der Waals surface area (Å²) < 4.78 is 11.2. The molecule has 1 aromatic heterocycles. The van der Waals surface area contributed by atoms with Crippen LogP contribution in [0.3, 0.4) is 0 Å². The average molecular weight is 282 g/mol. The molecule has 0 saturated carbocycles. The van der Waals surface area contributed by atoms with Gasteiger partial charge in [-0.15, -0.1) is 0 Å². The number of rotatable bonds is 5. The van der Waals surface area contributed by atoms with E-state index in [1.807, 2.05) is 41.5 Å². The predicted molar refractivity (Wildman–Crippen MR) is 79.7 cm³/mol. The lowest BCUT2D eigenvalue weighted by atomic mass is 9.96. The minimum Gasteiger partial charge on any atom is -0.475 e. The van der Waals surface area contributed by atoms with Gasteiger partial charge in [0.25, 0.3) is 0 Å². The highest BCUT2D eigenvalue weighted by atomic mass is 16.5. The van der Waals surface area contributed by atoms with Gasteiger partial charge >= 0.3 is 0 Å². The average Bonchev–Trinajstić information content (AvgIpc) is 2.32. The van der Waals surface area contributed by atoms with Gasteiger partial charge in [0, 0.05) is 11.5 Å². The van der Waals surface area contributed by atoms with Crippen LogP contribution in [-0.4, -0.2) is 28.8 Å². The molecule has 114 valence electrons. The monoisotopic (exact) mass is 282 g/mol. The molecule has 0 unspecified atom stereocenters. The van der Waals surface area contributed by atoms with Crippen LogP contribution in [0.2, 0.25) is 0 Å². The van der Waals surface area contributed by atoms with Crippen LogP contribution in [-0.2, 0) is 10.2 Å². The minimum absolute atomic E-state index is 0.171. The maximum atomic E-state index is 5.61. The quantitative estimate of drug-likeness (QED) is 0.490. The molecule has 1 heterocycles. The second-order valence-corrected chi connectivity index (χ2v) is 6.62. The van der Waals surface area contributed by atoms with Crippen LogP contribution in [0.5, 0.6) is 5.88 Å². The number of anilines is 1. The highest BCUT2D eigenvalue weighted by Crippen LogP contribution is 2.22. The lowest BCUT2D eigenvalue weighted by Crippen LogP contribution is -2.23. The molecule has 0 saturated heterocycles. The maximum Gasteiger partial charge on any atom is 0.218 e. The van der Waals surface area contributed by atoms with Gasteiger partial charge in [-0.2, -0.15) is 4.98 Å². The van der Waals surface area contributed by atoms with E-state index >= 15 is 0 Å². The Kier molecular flexibility index (Phi) is 5.30. The van der Waals surface area contributed by atoms with Crippen LogP contribution in [0.4, 0.5) is 5.82 Å². The summed E-state index contributed by atoms with van der Waals surface area (Å²) in [4.78, 5) is 8.73. The van der Waals surface area contributed by atoms with Gasteiger partial charge in [-0.05, 0) is 20.8 Å². The summed E-state index contributed by atoms with van der Waals surface area (Å²) >= 11 is 0. The number of nitrogens with one attached hydrogen (secondary N) is 1. The molecule has 1 rings (SSSR count). The third kappa shape index (κ3) is 5.71. The molecule has 20 heavy (non-hydrogen) atoms. The first-order valence-corrected chi connectivity index (χ1v) is 6.75. The Morgan fingerprint density at radius 3 is 2.25 bits per heavy atom. The summed E-state index contributed by atoms with van der Waals surface area (Å²) in [5.74, 6) is 7.14. The third-order valence-electron chi connectivity index (χ3n) is 2.39. The van der Waals surface area contributed by atoms with Crippen molar-refractivity contribution < 1.29 is 9.47 Å². The molecule has 0 atom stereocenters. The number of ether oxygens (including phenoxy) is 2. The number of nitrogens with two attached hydrogens (primary N) is 1. The van der Waals surface area contributed by atoms with Crippen LogP contribution in [0, 0.1) is 0 Å². The molecule has 0 spiro atoms. The fourth-order valence-electron chi connectivity index (χ4n) is 1.40. The number of hydrogen-bond acceptors (Lipinski definition) is 6. The minimum atomic E-state index is -0.174. The molecule has 0 radical (unpaired) electrons. The Morgan fingerprint density at radius 1 is 1.10 bits per heavy atom. The summed E-state index contributed by atoms with van der Waals surface area (Å²) in [6.45, 7) is 13.1. The van der Waals surface area contributed by atoms with Crippen molar-refractivity contribution in [2.24, 2.45) is 5.84 Å². The number of nitrogens with zero attached hydrogens (tertiary/aromatic N) is 2. The van der Waals surface area contributed by atoms with E-state index < -0.39 is 0 Å². The lowest BCUT2D eigenvalue weighted by molar-refractivity contribution is -0.0168. The Morgan fingerprint density at radius 2 is 1.75 bits per heavy atom. The summed E-state index contributed by atoms with van der Waals surface area (Å²) in [6.07, 6.45) is 0. The first-order chi connectivity index (χ1) is 9.12. The lowest BCUT2D eigenvalue weighted by Gasteiger charge is -2.20. The van der Waals surface area contributed by atoms with Gasteiger partial charge in [-0.25, -0.2) is 10.8 Å². The Bertz CT molecular complexity index is 436. The van der Waals surface area contributed by atoms with Gasteiger partial charge in [0.05, 0.1) is 12.2 Å².